The van der Waals surface area contributed by atoms with Crippen LogP contribution < -0.4 is 4.90 Å². The first-order chi connectivity index (χ1) is 7.84. The molecule has 0 aliphatic carbocycles. The Morgan fingerprint density at radius 1 is 1.38 bits per heavy atom. The van der Waals surface area contributed by atoms with Crippen molar-refractivity contribution >= 4 is 16.6 Å². The summed E-state index contributed by atoms with van der Waals surface area (Å²) in [5.74, 6) is 0. The largest absolute Gasteiger partial charge is 0.368 e. The fraction of sp³-hybridized carbons (Fsp3) is 0.385. The minimum atomic E-state index is 0.635. The van der Waals surface area contributed by atoms with Gasteiger partial charge in [0.15, 0.2) is 0 Å². The molecule has 1 atom stereocenters. The van der Waals surface area contributed by atoms with Gasteiger partial charge in [0.1, 0.15) is 0 Å². The van der Waals surface area contributed by atoms with Gasteiger partial charge in [-0.15, -0.1) is 0 Å². The standard InChI is InChI=1S/C13H15N3/c1-10-3-2-6-16(10)12-7-11-8-14-5-4-13(11)15-9-12/h4-5,7-10H,2-3,6H2,1H3. The highest BCUT2D eigenvalue weighted by Gasteiger charge is 2.20. The molecular formula is C13H15N3. The lowest BCUT2D eigenvalue weighted by atomic mass is 10.2. The molecular weight excluding hydrogens is 198 g/mol. The Kier molecular flexibility index (Phi) is 2.24. The Labute approximate surface area is 95.1 Å². The first-order valence-corrected chi connectivity index (χ1v) is 5.81. The Bertz CT molecular complexity index is 509. The summed E-state index contributed by atoms with van der Waals surface area (Å²) in [4.78, 5) is 11.0. The van der Waals surface area contributed by atoms with Crippen LogP contribution in [0, 0.1) is 0 Å². The summed E-state index contributed by atoms with van der Waals surface area (Å²) in [6, 6.07) is 4.78. The molecule has 3 heterocycles. The second kappa shape index (κ2) is 3.74. The second-order valence-electron chi connectivity index (χ2n) is 4.45. The first kappa shape index (κ1) is 9.58. The SMILES string of the molecule is CC1CCCN1c1cnc2ccncc2c1. The maximum absolute atomic E-state index is 4.48. The molecule has 1 aliphatic heterocycles. The molecule has 1 fully saturated rings. The lowest BCUT2D eigenvalue weighted by Gasteiger charge is -2.23. The third-order valence-corrected chi connectivity index (χ3v) is 3.35. The number of fused-ring (bicyclic) bond motifs is 1. The number of hydrogen-bond acceptors (Lipinski definition) is 3. The molecule has 1 saturated heterocycles. The van der Waals surface area contributed by atoms with Crippen LogP contribution in [0.4, 0.5) is 5.69 Å². The van der Waals surface area contributed by atoms with E-state index >= 15 is 0 Å². The Hall–Kier alpha value is -1.64. The lowest BCUT2D eigenvalue weighted by Crippen LogP contribution is -2.26. The molecule has 0 bridgehead atoms. The molecule has 3 nitrogen and oxygen atoms in total. The van der Waals surface area contributed by atoms with Gasteiger partial charge in [-0.3, -0.25) is 9.97 Å². The number of aromatic nitrogens is 2. The average molecular weight is 213 g/mol. The zero-order valence-corrected chi connectivity index (χ0v) is 9.43. The van der Waals surface area contributed by atoms with E-state index in [2.05, 4.69) is 27.9 Å². The topological polar surface area (TPSA) is 29.0 Å². The molecule has 0 N–H and O–H groups in total. The molecule has 2 aromatic heterocycles. The lowest BCUT2D eigenvalue weighted by molar-refractivity contribution is 0.734. The van der Waals surface area contributed by atoms with Crippen LogP contribution in [0.15, 0.2) is 30.7 Å². The van der Waals surface area contributed by atoms with E-state index in [0.29, 0.717) is 6.04 Å². The van der Waals surface area contributed by atoms with Crippen LogP contribution >= 0.6 is 0 Å². The van der Waals surface area contributed by atoms with Gasteiger partial charge in [0.05, 0.1) is 17.4 Å². The van der Waals surface area contributed by atoms with E-state index in [9.17, 15) is 0 Å². The van der Waals surface area contributed by atoms with Crippen molar-refractivity contribution < 1.29 is 0 Å². The van der Waals surface area contributed by atoms with E-state index < -0.39 is 0 Å². The van der Waals surface area contributed by atoms with E-state index in [0.717, 1.165) is 17.4 Å². The van der Waals surface area contributed by atoms with Crippen molar-refractivity contribution in [3.05, 3.63) is 30.7 Å². The third-order valence-electron chi connectivity index (χ3n) is 3.35. The maximum Gasteiger partial charge on any atom is 0.0734 e. The van der Waals surface area contributed by atoms with Gasteiger partial charge < -0.3 is 4.90 Å². The molecule has 82 valence electrons. The quantitative estimate of drug-likeness (QED) is 0.729. The van der Waals surface area contributed by atoms with Crippen LogP contribution in [0.1, 0.15) is 19.8 Å². The second-order valence-corrected chi connectivity index (χ2v) is 4.45. The van der Waals surface area contributed by atoms with Gasteiger partial charge in [-0.25, -0.2) is 0 Å². The van der Waals surface area contributed by atoms with Crippen molar-refractivity contribution in [1.29, 1.82) is 0 Å². The zero-order chi connectivity index (χ0) is 11.0. The van der Waals surface area contributed by atoms with Gasteiger partial charge in [0.25, 0.3) is 0 Å². The molecule has 3 heteroatoms. The summed E-state index contributed by atoms with van der Waals surface area (Å²) < 4.78 is 0. The van der Waals surface area contributed by atoms with Crippen molar-refractivity contribution in [2.75, 3.05) is 11.4 Å². The van der Waals surface area contributed by atoms with E-state index in [1.807, 2.05) is 18.5 Å². The minimum Gasteiger partial charge on any atom is -0.368 e. The molecule has 2 aromatic rings. The minimum absolute atomic E-state index is 0.635. The van der Waals surface area contributed by atoms with Crippen molar-refractivity contribution in [3.8, 4) is 0 Å². The third kappa shape index (κ3) is 1.52. The molecule has 0 radical (unpaired) electrons. The van der Waals surface area contributed by atoms with Crippen molar-refractivity contribution in [3.63, 3.8) is 0 Å². The number of pyridine rings is 2. The summed E-state index contributed by atoms with van der Waals surface area (Å²) in [5, 5.41) is 1.12. The van der Waals surface area contributed by atoms with Crippen LogP contribution in [0.3, 0.4) is 0 Å². The summed E-state index contributed by atoms with van der Waals surface area (Å²) in [6.07, 6.45) is 8.21. The van der Waals surface area contributed by atoms with E-state index in [1.54, 1.807) is 6.20 Å². The average Bonchev–Trinajstić information content (AvgIpc) is 2.75. The van der Waals surface area contributed by atoms with Gasteiger partial charge in [-0.2, -0.15) is 0 Å². The Morgan fingerprint density at radius 3 is 3.12 bits per heavy atom. The number of rotatable bonds is 1. The molecule has 16 heavy (non-hydrogen) atoms. The van der Waals surface area contributed by atoms with Crippen molar-refractivity contribution in [2.45, 2.75) is 25.8 Å². The van der Waals surface area contributed by atoms with Crippen LogP contribution in [-0.4, -0.2) is 22.6 Å². The van der Waals surface area contributed by atoms with E-state index in [1.165, 1.54) is 18.5 Å². The number of nitrogens with zero attached hydrogens (tertiary/aromatic N) is 3. The normalized spacial score (nSPS) is 20.6. The van der Waals surface area contributed by atoms with Gasteiger partial charge in [0, 0.05) is 30.4 Å². The van der Waals surface area contributed by atoms with E-state index in [-0.39, 0.29) is 0 Å². The molecule has 1 aliphatic rings. The molecule has 0 aromatic carbocycles. The summed E-state index contributed by atoms with van der Waals surface area (Å²) in [7, 11) is 0. The predicted molar refractivity (Wildman–Crippen MR) is 65.6 cm³/mol. The monoisotopic (exact) mass is 213 g/mol. The summed E-state index contributed by atoms with van der Waals surface area (Å²) >= 11 is 0. The highest BCUT2D eigenvalue weighted by Crippen LogP contribution is 2.26. The Balaban J connectivity index is 2.04. The molecule has 0 amide bonds. The molecule has 0 spiro atoms. The number of hydrogen-bond donors (Lipinski definition) is 0. The van der Waals surface area contributed by atoms with Gasteiger partial charge >= 0.3 is 0 Å². The fourth-order valence-electron chi connectivity index (χ4n) is 2.43. The smallest absolute Gasteiger partial charge is 0.0734 e. The summed E-state index contributed by atoms with van der Waals surface area (Å²) in [5.41, 5.74) is 2.25. The van der Waals surface area contributed by atoms with Crippen LogP contribution in [0.25, 0.3) is 10.9 Å². The van der Waals surface area contributed by atoms with Gasteiger partial charge in [-0.1, -0.05) is 0 Å². The van der Waals surface area contributed by atoms with Gasteiger partial charge in [0.2, 0.25) is 0 Å². The summed E-state index contributed by atoms with van der Waals surface area (Å²) in [6.45, 7) is 3.43. The predicted octanol–water partition coefficient (Wildman–Crippen LogP) is 2.62. The molecule has 0 saturated carbocycles. The molecule has 3 rings (SSSR count). The van der Waals surface area contributed by atoms with Crippen molar-refractivity contribution in [2.24, 2.45) is 0 Å². The zero-order valence-electron chi connectivity index (χ0n) is 9.43. The van der Waals surface area contributed by atoms with Crippen LogP contribution in [-0.2, 0) is 0 Å². The van der Waals surface area contributed by atoms with Gasteiger partial charge in [-0.05, 0) is 31.9 Å². The maximum atomic E-state index is 4.48. The van der Waals surface area contributed by atoms with Crippen molar-refractivity contribution in [1.82, 2.24) is 9.97 Å². The van der Waals surface area contributed by atoms with Crippen LogP contribution in [0.2, 0.25) is 0 Å². The Morgan fingerprint density at radius 2 is 2.31 bits per heavy atom. The van der Waals surface area contributed by atoms with Crippen LogP contribution in [0.5, 0.6) is 0 Å². The highest BCUT2D eigenvalue weighted by atomic mass is 15.2. The molecule has 1 unspecified atom stereocenters. The number of anilines is 1. The highest BCUT2D eigenvalue weighted by molar-refractivity contribution is 5.80. The fourth-order valence-corrected chi connectivity index (χ4v) is 2.43. The first-order valence-electron chi connectivity index (χ1n) is 5.81. The van der Waals surface area contributed by atoms with E-state index in [4.69, 9.17) is 0 Å².